The Labute approximate surface area is 200 Å². The molecule has 0 saturated carbocycles. The van der Waals surface area contributed by atoms with Crippen LogP contribution in [-0.2, 0) is 9.47 Å². The van der Waals surface area contributed by atoms with Gasteiger partial charge in [-0.15, -0.1) is 0 Å². The number of hydrogen-bond donors (Lipinski definition) is 2. The quantitative estimate of drug-likeness (QED) is 0.294. The highest BCUT2D eigenvalue weighted by Gasteiger charge is 2.48. The molecule has 0 aliphatic carbocycles. The first-order valence-electron chi connectivity index (χ1n) is 10.1. The second-order valence-corrected chi connectivity index (χ2v) is 8.12. The van der Waals surface area contributed by atoms with Crippen LogP contribution in [0.25, 0.3) is 0 Å². The molecule has 6 nitrogen and oxygen atoms in total. The first-order valence-corrected chi connectivity index (χ1v) is 10.1. The summed E-state index contributed by atoms with van der Waals surface area (Å²) in [5, 5.41) is 20.7. The van der Waals surface area contributed by atoms with Crippen LogP contribution >= 0.6 is 0 Å². The van der Waals surface area contributed by atoms with Gasteiger partial charge in [0, 0.05) is 0 Å². The van der Waals surface area contributed by atoms with Crippen molar-refractivity contribution in [3.63, 3.8) is 0 Å². The van der Waals surface area contributed by atoms with E-state index in [1.807, 2.05) is 0 Å². The SMILES string of the molecule is CC1(C)O[C@H]([C@H](O)COc2c(F)c(F)c(F)c(F)c2F)[C@@H]([C@H](O)COc2c(F)c(F)c(F)c(F)c2F)O1. The van der Waals surface area contributed by atoms with Crippen LogP contribution in [0.5, 0.6) is 11.5 Å². The summed E-state index contributed by atoms with van der Waals surface area (Å²) in [5.74, 6) is -28.5. The molecule has 0 aromatic heterocycles. The molecule has 0 spiro atoms. The summed E-state index contributed by atoms with van der Waals surface area (Å²) < 4.78 is 155. The molecule has 1 fully saturated rings. The van der Waals surface area contributed by atoms with Crippen molar-refractivity contribution < 1.29 is 73.1 Å². The van der Waals surface area contributed by atoms with Crippen LogP contribution in [0.3, 0.4) is 0 Å². The monoisotopic (exact) mass is 554 g/mol. The van der Waals surface area contributed by atoms with Crippen LogP contribution in [0.4, 0.5) is 43.9 Å². The highest BCUT2D eigenvalue weighted by Crippen LogP contribution is 2.35. The Kier molecular flexibility index (Phi) is 8.16. The zero-order valence-electron chi connectivity index (χ0n) is 18.5. The molecular weight excluding hydrogens is 538 g/mol. The summed E-state index contributed by atoms with van der Waals surface area (Å²) in [6.45, 7) is 0.166. The third-order valence-electron chi connectivity index (χ3n) is 5.06. The minimum absolute atomic E-state index is 1.18. The van der Waals surface area contributed by atoms with E-state index in [0.29, 0.717) is 0 Å². The lowest BCUT2D eigenvalue weighted by molar-refractivity contribution is -0.162. The van der Waals surface area contributed by atoms with Crippen LogP contribution in [0, 0.1) is 58.2 Å². The Morgan fingerprint density at radius 3 is 1.08 bits per heavy atom. The number of aliphatic hydroxyl groups excluding tert-OH is 2. The molecule has 0 bridgehead atoms. The highest BCUT2D eigenvalue weighted by molar-refractivity contribution is 5.30. The molecule has 0 unspecified atom stereocenters. The summed E-state index contributed by atoms with van der Waals surface area (Å²) in [4.78, 5) is 0. The molecule has 1 aliphatic rings. The Hall–Kier alpha value is -2.82. The second kappa shape index (κ2) is 10.5. The van der Waals surface area contributed by atoms with E-state index >= 15 is 0 Å². The van der Waals surface area contributed by atoms with E-state index in [0.717, 1.165) is 0 Å². The maximum Gasteiger partial charge on any atom is 0.206 e. The smallest absolute Gasteiger partial charge is 0.206 e. The Morgan fingerprint density at radius 1 is 0.568 bits per heavy atom. The molecule has 4 atom stereocenters. The first kappa shape index (κ1) is 28.7. The van der Waals surface area contributed by atoms with Crippen molar-refractivity contribution in [3.05, 3.63) is 58.2 Å². The molecule has 1 saturated heterocycles. The molecule has 16 heteroatoms. The summed E-state index contributed by atoms with van der Waals surface area (Å²) in [6, 6.07) is 0. The molecule has 0 radical (unpaired) electrons. The van der Waals surface area contributed by atoms with Gasteiger partial charge in [-0.2, -0.15) is 17.6 Å². The van der Waals surface area contributed by atoms with Gasteiger partial charge < -0.3 is 29.2 Å². The predicted octanol–water partition coefficient (Wildman–Crippen LogP) is 3.78. The van der Waals surface area contributed by atoms with Crippen molar-refractivity contribution in [2.75, 3.05) is 13.2 Å². The van der Waals surface area contributed by atoms with E-state index in [-0.39, 0.29) is 0 Å². The molecule has 206 valence electrons. The number of aliphatic hydroxyl groups is 2. The van der Waals surface area contributed by atoms with Crippen molar-refractivity contribution >= 4 is 0 Å². The summed E-state index contributed by atoms with van der Waals surface area (Å²) in [6.07, 6.45) is -7.34. The van der Waals surface area contributed by atoms with Crippen LogP contribution in [0.2, 0.25) is 0 Å². The maximum atomic E-state index is 13.8. The van der Waals surface area contributed by atoms with Gasteiger partial charge in [0.25, 0.3) is 0 Å². The minimum Gasteiger partial charge on any atom is -0.485 e. The van der Waals surface area contributed by atoms with E-state index in [1.165, 1.54) is 13.8 Å². The van der Waals surface area contributed by atoms with E-state index in [2.05, 4.69) is 9.47 Å². The molecule has 1 heterocycles. The highest BCUT2D eigenvalue weighted by atomic mass is 19.2. The minimum atomic E-state index is -2.45. The van der Waals surface area contributed by atoms with Gasteiger partial charge in [0.05, 0.1) is 0 Å². The fourth-order valence-corrected chi connectivity index (χ4v) is 3.36. The fraction of sp³-hybridized carbons (Fsp3) is 0.429. The Bertz CT molecular complexity index is 1050. The van der Waals surface area contributed by atoms with Gasteiger partial charge >= 0.3 is 0 Å². The van der Waals surface area contributed by atoms with Gasteiger partial charge in [0.15, 0.2) is 17.3 Å². The normalized spacial score (nSPS) is 20.7. The topological polar surface area (TPSA) is 77.4 Å². The van der Waals surface area contributed by atoms with Crippen molar-refractivity contribution in [2.24, 2.45) is 0 Å². The van der Waals surface area contributed by atoms with Crippen molar-refractivity contribution in [2.45, 2.75) is 44.1 Å². The van der Waals surface area contributed by atoms with E-state index in [4.69, 9.17) is 9.47 Å². The Morgan fingerprint density at radius 2 is 0.811 bits per heavy atom. The molecule has 1 aliphatic heterocycles. The summed E-state index contributed by atoms with van der Waals surface area (Å²) in [7, 11) is 0. The lowest BCUT2D eigenvalue weighted by Crippen LogP contribution is -2.46. The van der Waals surface area contributed by atoms with E-state index in [1.54, 1.807) is 0 Å². The number of halogens is 10. The number of ether oxygens (including phenoxy) is 4. The molecule has 37 heavy (non-hydrogen) atoms. The predicted molar refractivity (Wildman–Crippen MR) is 99.3 cm³/mol. The third kappa shape index (κ3) is 5.42. The van der Waals surface area contributed by atoms with E-state index in [9.17, 15) is 54.1 Å². The van der Waals surface area contributed by atoms with Crippen molar-refractivity contribution in [1.29, 1.82) is 0 Å². The maximum absolute atomic E-state index is 13.8. The van der Waals surface area contributed by atoms with Crippen molar-refractivity contribution in [3.8, 4) is 11.5 Å². The zero-order chi connectivity index (χ0) is 28.0. The van der Waals surface area contributed by atoms with Crippen LogP contribution in [0.15, 0.2) is 0 Å². The standard InChI is InChI=1S/C21H16F10O6/c1-21(2)36-17(5(32)3-34-19-13(28)9(24)7(22)10(25)14(19)29)18(37-21)6(33)4-35-20-15(30)11(26)8(23)12(27)16(20)31/h5-6,17-18,32-33H,3-4H2,1-2H3/t5-,6-,17-,18-/m1/s1. The van der Waals surface area contributed by atoms with Gasteiger partial charge in [-0.1, -0.05) is 0 Å². The van der Waals surface area contributed by atoms with E-state index < -0.39 is 113 Å². The lowest BCUT2D eigenvalue weighted by atomic mass is 10.0. The van der Waals surface area contributed by atoms with Gasteiger partial charge in [0.2, 0.25) is 58.2 Å². The largest absolute Gasteiger partial charge is 0.485 e. The third-order valence-corrected chi connectivity index (χ3v) is 5.06. The average molecular weight is 554 g/mol. The second-order valence-electron chi connectivity index (χ2n) is 8.12. The number of benzene rings is 2. The molecule has 2 N–H and O–H groups in total. The average Bonchev–Trinajstić information content (AvgIpc) is 3.19. The number of hydrogen-bond acceptors (Lipinski definition) is 6. The van der Waals surface area contributed by atoms with Gasteiger partial charge in [-0.05, 0) is 13.8 Å². The first-order chi connectivity index (χ1) is 17.1. The van der Waals surface area contributed by atoms with Gasteiger partial charge in [-0.3, -0.25) is 0 Å². The lowest BCUT2D eigenvalue weighted by Gasteiger charge is -2.26. The van der Waals surface area contributed by atoms with Crippen LogP contribution < -0.4 is 9.47 Å². The van der Waals surface area contributed by atoms with Crippen LogP contribution in [0.1, 0.15) is 13.8 Å². The summed E-state index contributed by atoms with van der Waals surface area (Å²) >= 11 is 0. The van der Waals surface area contributed by atoms with Gasteiger partial charge in [0.1, 0.15) is 37.6 Å². The fourth-order valence-electron chi connectivity index (χ4n) is 3.36. The zero-order valence-corrected chi connectivity index (χ0v) is 18.5. The van der Waals surface area contributed by atoms with Gasteiger partial charge in [-0.25, -0.2) is 26.3 Å². The molecule has 2 aromatic rings. The molecule has 0 amide bonds. The molecule has 3 rings (SSSR count). The molecular formula is C21H16F10O6. The Balaban J connectivity index is 1.76. The number of rotatable bonds is 8. The van der Waals surface area contributed by atoms with Crippen LogP contribution in [-0.4, -0.2) is 53.6 Å². The molecule has 2 aromatic carbocycles. The van der Waals surface area contributed by atoms with Crippen molar-refractivity contribution in [1.82, 2.24) is 0 Å². The summed E-state index contributed by atoms with van der Waals surface area (Å²) in [5.41, 5.74) is 0.